The molecule has 19 heavy (non-hydrogen) atoms. The third kappa shape index (κ3) is 3.07. The van der Waals surface area contributed by atoms with Gasteiger partial charge in [0.2, 0.25) is 0 Å². The number of hydrogen-bond donors (Lipinski definition) is 0. The van der Waals surface area contributed by atoms with Crippen LogP contribution >= 0.6 is 0 Å². The number of ether oxygens (including phenoxy) is 1. The molecule has 0 saturated heterocycles. The van der Waals surface area contributed by atoms with Crippen molar-refractivity contribution in [3.63, 3.8) is 0 Å². The van der Waals surface area contributed by atoms with Gasteiger partial charge in [-0.15, -0.1) is 0 Å². The lowest BCUT2D eigenvalue weighted by Gasteiger charge is -2.09. The fraction of sp³-hybridized carbons (Fsp3) is 0.214. The maximum Gasteiger partial charge on any atom is 0.143 e. The Bertz CT molecular complexity index is 602. The third-order valence-electron chi connectivity index (χ3n) is 2.68. The van der Waals surface area contributed by atoms with Crippen molar-refractivity contribution in [2.75, 3.05) is 13.7 Å². The van der Waals surface area contributed by atoms with Crippen LogP contribution in [0.15, 0.2) is 42.0 Å². The van der Waals surface area contributed by atoms with Gasteiger partial charge in [-0.05, 0) is 24.6 Å². The van der Waals surface area contributed by atoms with Gasteiger partial charge in [-0.1, -0.05) is 23.4 Å². The molecule has 0 bridgehead atoms. The molecule has 0 radical (unpaired) electrons. The van der Waals surface area contributed by atoms with Crippen LogP contribution in [0.2, 0.25) is 0 Å². The molecule has 0 atom stereocenters. The highest BCUT2D eigenvalue weighted by Crippen LogP contribution is 2.25. The number of nitroso groups, excluding NO2 is 1. The molecule has 0 spiro atoms. The number of nitrogens with zero attached hydrogens (tertiary/aromatic N) is 3. The Morgan fingerprint density at radius 1 is 1.47 bits per heavy atom. The van der Waals surface area contributed by atoms with Gasteiger partial charge in [0.25, 0.3) is 0 Å². The van der Waals surface area contributed by atoms with E-state index in [-0.39, 0.29) is 6.54 Å². The average Bonchev–Trinajstić information content (AvgIpc) is 2.85. The zero-order valence-corrected chi connectivity index (χ0v) is 10.9. The van der Waals surface area contributed by atoms with Crippen LogP contribution < -0.4 is 4.74 Å². The lowest BCUT2D eigenvalue weighted by molar-refractivity contribution is 0.413. The van der Waals surface area contributed by atoms with Gasteiger partial charge in [0.05, 0.1) is 31.4 Å². The topological polar surface area (TPSA) is 56.5 Å². The molecule has 5 nitrogen and oxygen atoms in total. The minimum atomic E-state index is 0.171. The zero-order valence-electron chi connectivity index (χ0n) is 10.9. The molecule has 98 valence electrons. The Morgan fingerprint density at radius 3 is 2.95 bits per heavy atom. The average molecular weight is 257 g/mol. The molecule has 0 unspecified atom stereocenters. The van der Waals surface area contributed by atoms with Crippen LogP contribution in [-0.2, 0) is 0 Å². The van der Waals surface area contributed by atoms with Crippen molar-refractivity contribution < 1.29 is 4.74 Å². The monoisotopic (exact) mass is 257 g/mol. The van der Waals surface area contributed by atoms with E-state index in [1.54, 1.807) is 19.5 Å². The summed E-state index contributed by atoms with van der Waals surface area (Å²) in [5, 5.41) is 2.78. The second-order valence-electron chi connectivity index (χ2n) is 4.07. The summed E-state index contributed by atoms with van der Waals surface area (Å²) in [6.07, 6.45) is 7.23. The van der Waals surface area contributed by atoms with Gasteiger partial charge >= 0.3 is 0 Å². The van der Waals surface area contributed by atoms with E-state index in [0.717, 1.165) is 22.7 Å². The van der Waals surface area contributed by atoms with Crippen molar-refractivity contribution in [2.45, 2.75) is 6.92 Å². The standard InChI is InChI=1S/C14H15N3O2/c1-11-9-17(10-15-11)13-6-5-12(4-3-7-16-18)8-14(13)19-2/h3-6,8-10H,7H2,1-2H3. The van der Waals surface area contributed by atoms with Crippen LogP contribution in [0.3, 0.4) is 0 Å². The minimum absolute atomic E-state index is 0.171. The first-order valence-corrected chi connectivity index (χ1v) is 5.89. The van der Waals surface area contributed by atoms with Crippen molar-refractivity contribution in [1.29, 1.82) is 0 Å². The Balaban J connectivity index is 2.33. The Kier molecular flexibility index (Phi) is 4.07. The number of aryl methyl sites for hydroxylation is 1. The van der Waals surface area contributed by atoms with E-state index >= 15 is 0 Å². The van der Waals surface area contributed by atoms with Gasteiger partial charge in [-0.2, -0.15) is 4.91 Å². The highest BCUT2D eigenvalue weighted by atomic mass is 16.5. The number of methoxy groups -OCH3 is 1. The van der Waals surface area contributed by atoms with Crippen molar-refractivity contribution >= 4 is 6.08 Å². The predicted octanol–water partition coefficient (Wildman–Crippen LogP) is 2.97. The van der Waals surface area contributed by atoms with Gasteiger partial charge in [0, 0.05) is 6.20 Å². The van der Waals surface area contributed by atoms with E-state index in [9.17, 15) is 4.91 Å². The van der Waals surface area contributed by atoms with Crippen LogP contribution in [0, 0.1) is 11.8 Å². The molecule has 0 N–H and O–H groups in total. The Labute approximate surface area is 111 Å². The fourth-order valence-electron chi connectivity index (χ4n) is 1.80. The predicted molar refractivity (Wildman–Crippen MR) is 74.5 cm³/mol. The Morgan fingerprint density at radius 2 is 2.32 bits per heavy atom. The molecule has 0 aliphatic rings. The second kappa shape index (κ2) is 5.95. The molecular formula is C14H15N3O2. The van der Waals surface area contributed by atoms with Gasteiger partial charge in [-0.3, -0.25) is 0 Å². The summed E-state index contributed by atoms with van der Waals surface area (Å²) in [4.78, 5) is 14.2. The van der Waals surface area contributed by atoms with Crippen LogP contribution in [0.4, 0.5) is 0 Å². The number of benzene rings is 1. The van der Waals surface area contributed by atoms with Crippen molar-refractivity contribution in [3.05, 3.63) is 53.0 Å². The van der Waals surface area contributed by atoms with E-state index in [0.29, 0.717) is 0 Å². The van der Waals surface area contributed by atoms with Crippen molar-refractivity contribution in [3.8, 4) is 11.4 Å². The van der Waals surface area contributed by atoms with Gasteiger partial charge in [0.15, 0.2) is 0 Å². The normalized spacial score (nSPS) is 10.8. The van der Waals surface area contributed by atoms with E-state index in [2.05, 4.69) is 10.2 Å². The van der Waals surface area contributed by atoms with E-state index < -0.39 is 0 Å². The van der Waals surface area contributed by atoms with Crippen molar-refractivity contribution in [2.24, 2.45) is 5.18 Å². The lowest BCUT2D eigenvalue weighted by atomic mass is 10.1. The number of rotatable bonds is 5. The van der Waals surface area contributed by atoms with Gasteiger partial charge in [0.1, 0.15) is 5.75 Å². The minimum Gasteiger partial charge on any atom is -0.495 e. The summed E-state index contributed by atoms with van der Waals surface area (Å²) in [6.45, 7) is 2.11. The number of hydrogen-bond acceptors (Lipinski definition) is 4. The van der Waals surface area contributed by atoms with Crippen LogP contribution in [0.1, 0.15) is 11.3 Å². The van der Waals surface area contributed by atoms with Crippen LogP contribution in [0.5, 0.6) is 5.75 Å². The lowest BCUT2D eigenvalue weighted by Crippen LogP contribution is -1.95. The quantitative estimate of drug-likeness (QED) is 0.774. The maximum atomic E-state index is 10.0. The molecule has 1 aromatic heterocycles. The number of aromatic nitrogens is 2. The first-order chi connectivity index (χ1) is 9.24. The molecule has 0 amide bonds. The summed E-state index contributed by atoms with van der Waals surface area (Å²) in [7, 11) is 1.63. The second-order valence-corrected chi connectivity index (χ2v) is 4.07. The van der Waals surface area contributed by atoms with E-state index in [4.69, 9.17) is 4.74 Å². The van der Waals surface area contributed by atoms with E-state index in [1.165, 1.54) is 0 Å². The molecule has 0 aliphatic heterocycles. The van der Waals surface area contributed by atoms with Crippen LogP contribution in [0.25, 0.3) is 11.8 Å². The molecule has 0 aliphatic carbocycles. The van der Waals surface area contributed by atoms with Crippen LogP contribution in [-0.4, -0.2) is 23.2 Å². The summed E-state index contributed by atoms with van der Waals surface area (Å²) < 4.78 is 7.30. The van der Waals surface area contributed by atoms with Gasteiger partial charge < -0.3 is 9.30 Å². The zero-order chi connectivity index (χ0) is 13.7. The van der Waals surface area contributed by atoms with E-state index in [1.807, 2.05) is 42.0 Å². The molecule has 5 heteroatoms. The molecular weight excluding hydrogens is 242 g/mol. The first-order valence-electron chi connectivity index (χ1n) is 5.89. The summed E-state index contributed by atoms with van der Waals surface area (Å²) in [5.74, 6) is 0.749. The molecule has 2 rings (SSSR count). The fourth-order valence-corrected chi connectivity index (χ4v) is 1.80. The third-order valence-corrected chi connectivity index (χ3v) is 2.68. The smallest absolute Gasteiger partial charge is 0.143 e. The molecule has 1 heterocycles. The van der Waals surface area contributed by atoms with Crippen molar-refractivity contribution in [1.82, 2.24) is 9.55 Å². The highest BCUT2D eigenvalue weighted by Gasteiger charge is 2.06. The number of imidazole rings is 1. The molecule has 2 aromatic rings. The molecule has 0 saturated carbocycles. The molecule has 0 fully saturated rings. The maximum absolute atomic E-state index is 10.0. The summed E-state index contributed by atoms with van der Waals surface area (Å²) in [6, 6.07) is 5.81. The van der Waals surface area contributed by atoms with Gasteiger partial charge in [-0.25, -0.2) is 4.98 Å². The first kappa shape index (κ1) is 13.0. The summed E-state index contributed by atoms with van der Waals surface area (Å²) >= 11 is 0. The summed E-state index contributed by atoms with van der Waals surface area (Å²) in [5.41, 5.74) is 2.83. The highest BCUT2D eigenvalue weighted by molar-refractivity contribution is 5.58. The SMILES string of the molecule is COc1cc(C=CCN=O)ccc1-n1cnc(C)c1. The Hall–Kier alpha value is -2.43. The largest absolute Gasteiger partial charge is 0.495 e. The molecule has 1 aromatic carbocycles.